The zero-order valence-electron chi connectivity index (χ0n) is 14.3. The second kappa shape index (κ2) is 9.88. The lowest BCUT2D eigenvalue weighted by Gasteiger charge is -2.28. The van der Waals surface area contributed by atoms with Crippen molar-refractivity contribution in [2.45, 2.75) is 77.6 Å². The van der Waals surface area contributed by atoms with Gasteiger partial charge in [0.2, 0.25) is 0 Å². The van der Waals surface area contributed by atoms with Crippen molar-refractivity contribution < 1.29 is 0 Å². The van der Waals surface area contributed by atoms with Crippen molar-refractivity contribution in [3.05, 3.63) is 24.3 Å². The molecule has 2 rings (SSSR count). The molecule has 0 aromatic carbocycles. The first-order chi connectivity index (χ1) is 10.8. The fraction of sp³-hybridized carbons (Fsp3) is 0.762. The lowest BCUT2D eigenvalue weighted by molar-refractivity contribution is 0.289. The third-order valence-corrected chi connectivity index (χ3v) is 5.77. The second-order valence-corrected chi connectivity index (χ2v) is 7.47. The van der Waals surface area contributed by atoms with E-state index in [1.807, 2.05) is 0 Å². The third-order valence-electron chi connectivity index (χ3n) is 5.77. The Morgan fingerprint density at radius 1 is 0.818 bits per heavy atom. The summed E-state index contributed by atoms with van der Waals surface area (Å²) in [7, 11) is 0. The van der Waals surface area contributed by atoms with Gasteiger partial charge in [0.05, 0.1) is 6.07 Å². The van der Waals surface area contributed by atoms with Crippen molar-refractivity contribution >= 4 is 0 Å². The standard InChI is InChI=1S/C21H33N/c1-2-3-5-18-7-11-20(12-8-18)15-16-21-13-9-19(10-14-21)6-4-17-22/h4,6,15-16,18-21H,2-3,5,7-14H2,1H3. The van der Waals surface area contributed by atoms with E-state index in [9.17, 15) is 0 Å². The predicted octanol–water partition coefficient (Wildman–Crippen LogP) is 6.43. The van der Waals surface area contributed by atoms with Gasteiger partial charge in [0, 0.05) is 6.08 Å². The molecule has 0 spiro atoms. The number of unbranched alkanes of at least 4 members (excludes halogenated alkanes) is 1. The lowest BCUT2D eigenvalue weighted by atomic mass is 9.78. The maximum Gasteiger partial charge on any atom is 0.0908 e. The Morgan fingerprint density at radius 2 is 1.32 bits per heavy atom. The summed E-state index contributed by atoms with van der Waals surface area (Å²) in [6, 6.07) is 2.12. The van der Waals surface area contributed by atoms with E-state index >= 15 is 0 Å². The van der Waals surface area contributed by atoms with E-state index < -0.39 is 0 Å². The number of nitriles is 1. The van der Waals surface area contributed by atoms with Crippen LogP contribution in [0.1, 0.15) is 77.6 Å². The zero-order valence-corrected chi connectivity index (χ0v) is 14.3. The molecule has 0 unspecified atom stereocenters. The zero-order chi connectivity index (χ0) is 15.6. The van der Waals surface area contributed by atoms with Crippen LogP contribution in [0.25, 0.3) is 0 Å². The van der Waals surface area contributed by atoms with Crippen LogP contribution in [-0.2, 0) is 0 Å². The Kier molecular flexibility index (Phi) is 7.78. The molecule has 2 fully saturated rings. The largest absolute Gasteiger partial charge is 0.193 e. The van der Waals surface area contributed by atoms with Crippen molar-refractivity contribution in [3.8, 4) is 6.07 Å². The predicted molar refractivity (Wildman–Crippen MR) is 94.3 cm³/mol. The highest BCUT2D eigenvalue weighted by molar-refractivity contribution is 5.05. The molecule has 122 valence electrons. The van der Waals surface area contributed by atoms with E-state index in [1.54, 1.807) is 6.08 Å². The molecule has 0 aromatic rings. The van der Waals surface area contributed by atoms with Gasteiger partial charge in [0.25, 0.3) is 0 Å². The van der Waals surface area contributed by atoms with Gasteiger partial charge in [-0.1, -0.05) is 44.4 Å². The number of hydrogen-bond acceptors (Lipinski definition) is 1. The van der Waals surface area contributed by atoms with E-state index in [2.05, 4.69) is 31.2 Å². The molecule has 0 atom stereocenters. The molecule has 2 aliphatic rings. The average Bonchev–Trinajstić information content (AvgIpc) is 2.58. The summed E-state index contributed by atoms with van der Waals surface area (Å²) in [5.41, 5.74) is 0. The molecule has 0 N–H and O–H groups in total. The van der Waals surface area contributed by atoms with Crippen LogP contribution in [0.2, 0.25) is 0 Å². The van der Waals surface area contributed by atoms with Gasteiger partial charge in [-0.05, 0) is 75.0 Å². The minimum absolute atomic E-state index is 0.651. The quantitative estimate of drug-likeness (QED) is 0.410. The molecule has 0 heterocycles. The van der Waals surface area contributed by atoms with E-state index in [1.165, 1.54) is 70.6 Å². The number of rotatable bonds is 6. The minimum Gasteiger partial charge on any atom is -0.193 e. The maximum absolute atomic E-state index is 8.60. The summed E-state index contributed by atoms with van der Waals surface area (Å²) in [4.78, 5) is 0. The van der Waals surface area contributed by atoms with Gasteiger partial charge in [0.1, 0.15) is 0 Å². The Hall–Kier alpha value is -1.03. The molecule has 0 radical (unpaired) electrons. The first-order valence-electron chi connectivity index (χ1n) is 9.56. The number of hydrogen-bond donors (Lipinski definition) is 0. The maximum atomic E-state index is 8.60. The normalized spacial score (nSPS) is 33.3. The lowest BCUT2D eigenvalue weighted by Crippen LogP contribution is -2.14. The molecule has 0 aliphatic heterocycles. The highest BCUT2D eigenvalue weighted by atomic mass is 14.3. The van der Waals surface area contributed by atoms with Crippen LogP contribution in [0.4, 0.5) is 0 Å². The summed E-state index contributed by atoms with van der Waals surface area (Å²) >= 11 is 0. The Bertz CT molecular complexity index is 385. The summed E-state index contributed by atoms with van der Waals surface area (Å²) in [5, 5.41) is 8.60. The van der Waals surface area contributed by atoms with Crippen LogP contribution in [0.15, 0.2) is 24.3 Å². The first-order valence-corrected chi connectivity index (χ1v) is 9.56. The minimum atomic E-state index is 0.651. The van der Waals surface area contributed by atoms with E-state index in [0.717, 1.165) is 17.8 Å². The molecule has 2 saturated carbocycles. The van der Waals surface area contributed by atoms with E-state index in [-0.39, 0.29) is 0 Å². The van der Waals surface area contributed by atoms with Gasteiger partial charge < -0.3 is 0 Å². The Balaban J connectivity index is 1.65. The summed E-state index contributed by atoms with van der Waals surface area (Å²) in [6.45, 7) is 2.30. The van der Waals surface area contributed by atoms with Crippen molar-refractivity contribution in [3.63, 3.8) is 0 Å². The summed E-state index contributed by atoms with van der Waals surface area (Å²) < 4.78 is 0. The van der Waals surface area contributed by atoms with Crippen molar-refractivity contribution in [2.75, 3.05) is 0 Å². The van der Waals surface area contributed by atoms with Crippen molar-refractivity contribution in [1.82, 2.24) is 0 Å². The third kappa shape index (κ3) is 5.99. The van der Waals surface area contributed by atoms with Gasteiger partial charge in [-0.3, -0.25) is 0 Å². The number of nitrogens with zero attached hydrogens (tertiary/aromatic N) is 1. The average molecular weight is 300 g/mol. The molecule has 0 amide bonds. The van der Waals surface area contributed by atoms with Crippen molar-refractivity contribution in [1.29, 1.82) is 5.26 Å². The van der Waals surface area contributed by atoms with Gasteiger partial charge in [-0.25, -0.2) is 0 Å². The second-order valence-electron chi connectivity index (χ2n) is 7.47. The van der Waals surface area contributed by atoms with Gasteiger partial charge in [-0.15, -0.1) is 0 Å². The van der Waals surface area contributed by atoms with Crippen LogP contribution in [0, 0.1) is 35.0 Å². The summed E-state index contributed by atoms with van der Waals surface area (Å²) in [5.74, 6) is 3.32. The molecule has 1 heteroatoms. The fourth-order valence-corrected chi connectivity index (χ4v) is 4.19. The highest BCUT2D eigenvalue weighted by Gasteiger charge is 2.20. The first kappa shape index (κ1) is 17.3. The van der Waals surface area contributed by atoms with Crippen LogP contribution >= 0.6 is 0 Å². The molecule has 0 saturated heterocycles. The monoisotopic (exact) mass is 299 g/mol. The molecular weight excluding hydrogens is 266 g/mol. The molecular formula is C21H33N. The smallest absolute Gasteiger partial charge is 0.0908 e. The Morgan fingerprint density at radius 3 is 1.82 bits per heavy atom. The van der Waals surface area contributed by atoms with E-state index in [0.29, 0.717) is 5.92 Å². The van der Waals surface area contributed by atoms with E-state index in [4.69, 9.17) is 5.26 Å². The van der Waals surface area contributed by atoms with Crippen LogP contribution in [0.3, 0.4) is 0 Å². The molecule has 2 aliphatic carbocycles. The highest BCUT2D eigenvalue weighted by Crippen LogP contribution is 2.34. The summed E-state index contributed by atoms with van der Waals surface area (Å²) in [6.07, 6.45) is 24.0. The van der Waals surface area contributed by atoms with Crippen LogP contribution in [0.5, 0.6) is 0 Å². The molecule has 0 bridgehead atoms. The molecule has 1 nitrogen and oxygen atoms in total. The SMILES string of the molecule is CCCCC1CCC(C=CC2CCC(C=CC#N)CC2)CC1. The topological polar surface area (TPSA) is 23.8 Å². The van der Waals surface area contributed by atoms with Gasteiger partial charge in [-0.2, -0.15) is 5.26 Å². The number of allylic oxidation sites excluding steroid dienone is 4. The van der Waals surface area contributed by atoms with Crippen LogP contribution in [-0.4, -0.2) is 0 Å². The molecule has 0 aromatic heterocycles. The fourth-order valence-electron chi connectivity index (χ4n) is 4.19. The molecule has 22 heavy (non-hydrogen) atoms. The van der Waals surface area contributed by atoms with Gasteiger partial charge in [0.15, 0.2) is 0 Å². The van der Waals surface area contributed by atoms with Crippen molar-refractivity contribution in [2.24, 2.45) is 23.7 Å². The van der Waals surface area contributed by atoms with Crippen LogP contribution < -0.4 is 0 Å². The Labute approximate surface area is 137 Å². The van der Waals surface area contributed by atoms with Gasteiger partial charge >= 0.3 is 0 Å².